The molecule has 0 aliphatic carbocycles. The van der Waals surface area contributed by atoms with E-state index in [9.17, 15) is 8.76 Å². The Morgan fingerprint density at radius 1 is 1.67 bits per heavy atom. The Morgan fingerprint density at radius 3 is 2.92 bits per heavy atom. The second-order valence-corrected chi connectivity index (χ2v) is 3.15. The van der Waals surface area contributed by atoms with Crippen LogP contribution in [0.15, 0.2) is 18.6 Å². The van der Waals surface area contributed by atoms with Crippen LogP contribution in [-0.2, 0) is 11.1 Å². The van der Waals surface area contributed by atoms with Gasteiger partial charge in [0.1, 0.15) is 0 Å². The molecule has 1 rings (SSSR count). The molecule has 5 nitrogen and oxygen atoms in total. The summed E-state index contributed by atoms with van der Waals surface area (Å²) in [7, 11) is 0. The highest BCUT2D eigenvalue weighted by molar-refractivity contribution is 7.79. The van der Waals surface area contributed by atoms with Gasteiger partial charge in [-0.25, -0.2) is 0 Å². The van der Waals surface area contributed by atoms with Gasteiger partial charge in [-0.15, -0.1) is 0 Å². The first kappa shape index (κ1) is 9.24. The molecule has 1 heterocycles. The lowest BCUT2D eigenvalue weighted by Crippen LogP contribution is -2.19. The Bertz CT molecular complexity index is 267. The molecule has 0 aliphatic heterocycles. The predicted molar refractivity (Wildman–Crippen MR) is 42.7 cm³/mol. The van der Waals surface area contributed by atoms with Gasteiger partial charge in [-0.2, -0.15) is 0 Å². The first-order chi connectivity index (χ1) is 5.70. The highest BCUT2D eigenvalue weighted by Gasteiger charge is 2.06. The van der Waals surface area contributed by atoms with Crippen LogP contribution in [0.25, 0.3) is 0 Å². The topological polar surface area (TPSA) is 91.9 Å². The van der Waals surface area contributed by atoms with Crippen LogP contribution in [0.1, 0.15) is 11.7 Å². The minimum absolute atomic E-state index is 0.126. The lowest BCUT2D eigenvalue weighted by molar-refractivity contribution is 0.530. The molecule has 6 heteroatoms. The summed E-state index contributed by atoms with van der Waals surface area (Å²) >= 11 is -2.14. The van der Waals surface area contributed by atoms with Gasteiger partial charge in [-0.1, -0.05) is 11.1 Å². The minimum Gasteiger partial charge on any atom is -0.772 e. The third-order valence-corrected chi connectivity index (χ3v) is 1.91. The van der Waals surface area contributed by atoms with Crippen molar-refractivity contribution in [2.45, 2.75) is 6.04 Å². The van der Waals surface area contributed by atoms with Crippen molar-refractivity contribution in [2.75, 3.05) is 5.75 Å². The van der Waals surface area contributed by atoms with E-state index in [4.69, 9.17) is 5.73 Å². The van der Waals surface area contributed by atoms with E-state index in [1.165, 1.54) is 18.6 Å². The van der Waals surface area contributed by atoms with E-state index >= 15 is 0 Å². The zero-order chi connectivity index (χ0) is 8.97. The molecule has 1 aromatic rings. The Labute approximate surface area is 72.3 Å². The molecule has 0 bridgehead atoms. The smallest absolute Gasteiger partial charge is 0.0762 e. The second-order valence-electron chi connectivity index (χ2n) is 2.21. The SMILES string of the molecule is NC(CS(=O)[O-])c1cnccn1. The third-order valence-electron chi connectivity index (χ3n) is 1.28. The first-order valence-electron chi connectivity index (χ1n) is 3.27. The summed E-state index contributed by atoms with van der Waals surface area (Å²) in [6.07, 6.45) is 4.44. The second kappa shape index (κ2) is 4.24. The van der Waals surface area contributed by atoms with E-state index in [-0.39, 0.29) is 5.75 Å². The van der Waals surface area contributed by atoms with Crippen molar-refractivity contribution in [1.29, 1.82) is 0 Å². The monoisotopic (exact) mass is 186 g/mol. The zero-order valence-corrected chi connectivity index (χ0v) is 7.03. The maximum atomic E-state index is 10.3. The van der Waals surface area contributed by atoms with Crippen LogP contribution in [0.2, 0.25) is 0 Å². The Kier molecular flexibility index (Phi) is 3.27. The molecular formula is C6H8N3O2S-. The Balaban J connectivity index is 2.65. The predicted octanol–water partition coefficient (Wildman–Crippen LogP) is -0.645. The van der Waals surface area contributed by atoms with E-state index in [0.29, 0.717) is 5.69 Å². The van der Waals surface area contributed by atoms with Crippen LogP contribution in [-0.4, -0.2) is 24.5 Å². The number of nitrogens with two attached hydrogens (primary N) is 1. The van der Waals surface area contributed by atoms with Crippen LogP contribution >= 0.6 is 0 Å². The summed E-state index contributed by atoms with van der Waals surface area (Å²) in [4.78, 5) is 7.64. The molecule has 0 aliphatic rings. The summed E-state index contributed by atoms with van der Waals surface area (Å²) in [5, 5.41) is 0. The van der Waals surface area contributed by atoms with Crippen LogP contribution < -0.4 is 5.73 Å². The van der Waals surface area contributed by atoms with Crippen molar-refractivity contribution in [1.82, 2.24) is 9.97 Å². The number of aromatic nitrogens is 2. The maximum Gasteiger partial charge on any atom is 0.0762 e. The van der Waals surface area contributed by atoms with Crippen molar-refractivity contribution in [3.63, 3.8) is 0 Å². The fourth-order valence-corrected chi connectivity index (χ4v) is 1.20. The van der Waals surface area contributed by atoms with Gasteiger partial charge >= 0.3 is 0 Å². The molecule has 2 atom stereocenters. The Morgan fingerprint density at radius 2 is 2.42 bits per heavy atom. The normalized spacial score (nSPS) is 15.5. The molecule has 0 aromatic carbocycles. The van der Waals surface area contributed by atoms with Crippen LogP contribution in [0.3, 0.4) is 0 Å². The average molecular weight is 186 g/mol. The van der Waals surface area contributed by atoms with Gasteiger partial charge in [0.05, 0.1) is 11.7 Å². The average Bonchev–Trinajstić information content (AvgIpc) is 2.05. The molecule has 0 amide bonds. The summed E-state index contributed by atoms with van der Waals surface area (Å²) in [5.74, 6) is -0.126. The molecule has 0 radical (unpaired) electrons. The molecule has 0 spiro atoms. The molecule has 66 valence electrons. The van der Waals surface area contributed by atoms with Crippen LogP contribution in [0.4, 0.5) is 0 Å². The number of nitrogens with zero attached hydrogens (tertiary/aromatic N) is 2. The quantitative estimate of drug-likeness (QED) is 0.633. The van der Waals surface area contributed by atoms with Gasteiger partial charge in [-0.05, 0) is 0 Å². The van der Waals surface area contributed by atoms with Crippen LogP contribution in [0.5, 0.6) is 0 Å². The fraction of sp³-hybridized carbons (Fsp3) is 0.333. The van der Waals surface area contributed by atoms with Crippen molar-refractivity contribution in [3.05, 3.63) is 24.3 Å². The van der Waals surface area contributed by atoms with E-state index in [2.05, 4.69) is 9.97 Å². The van der Waals surface area contributed by atoms with Gasteiger partial charge in [0.2, 0.25) is 0 Å². The van der Waals surface area contributed by atoms with Crippen molar-refractivity contribution in [3.8, 4) is 0 Å². The first-order valence-corrected chi connectivity index (χ1v) is 4.52. The third kappa shape index (κ3) is 2.65. The minimum atomic E-state index is -2.14. The maximum absolute atomic E-state index is 10.3. The number of hydrogen-bond acceptors (Lipinski definition) is 5. The molecule has 12 heavy (non-hydrogen) atoms. The van der Waals surface area contributed by atoms with Gasteiger partial charge in [0, 0.05) is 24.3 Å². The standard InChI is InChI=1S/C6H9N3O2S/c7-5(4-12(10)11)6-3-8-1-2-9-6/h1-3,5H,4,7H2,(H,10,11)/p-1. The lowest BCUT2D eigenvalue weighted by atomic mass is 10.3. The summed E-state index contributed by atoms with van der Waals surface area (Å²) in [5.41, 5.74) is 5.99. The number of hydrogen-bond donors (Lipinski definition) is 1. The zero-order valence-electron chi connectivity index (χ0n) is 6.21. The van der Waals surface area contributed by atoms with E-state index < -0.39 is 17.1 Å². The molecule has 1 aromatic heterocycles. The van der Waals surface area contributed by atoms with Crippen molar-refractivity contribution in [2.24, 2.45) is 5.73 Å². The largest absolute Gasteiger partial charge is 0.772 e. The van der Waals surface area contributed by atoms with Gasteiger partial charge in [-0.3, -0.25) is 14.2 Å². The fourth-order valence-electron chi connectivity index (χ4n) is 0.734. The summed E-state index contributed by atoms with van der Waals surface area (Å²) < 4.78 is 20.5. The molecule has 0 saturated heterocycles. The van der Waals surface area contributed by atoms with E-state index in [1.54, 1.807) is 0 Å². The van der Waals surface area contributed by atoms with E-state index in [0.717, 1.165) is 0 Å². The van der Waals surface area contributed by atoms with Gasteiger partial charge in [0.15, 0.2) is 0 Å². The molecule has 2 N–H and O–H groups in total. The highest BCUT2D eigenvalue weighted by Crippen LogP contribution is 2.04. The number of rotatable bonds is 3. The van der Waals surface area contributed by atoms with Crippen molar-refractivity contribution < 1.29 is 8.76 Å². The molecule has 0 fully saturated rings. The Hall–Kier alpha value is -0.850. The summed E-state index contributed by atoms with van der Waals surface area (Å²) in [6.45, 7) is 0. The van der Waals surface area contributed by atoms with Crippen molar-refractivity contribution >= 4 is 11.1 Å². The lowest BCUT2D eigenvalue weighted by Gasteiger charge is -2.11. The summed E-state index contributed by atoms with van der Waals surface area (Å²) in [6, 6.07) is -0.586. The van der Waals surface area contributed by atoms with Gasteiger partial charge in [0.25, 0.3) is 0 Å². The van der Waals surface area contributed by atoms with Crippen LogP contribution in [0, 0.1) is 0 Å². The molecule has 0 saturated carbocycles. The van der Waals surface area contributed by atoms with E-state index in [1.807, 2.05) is 0 Å². The molecular weight excluding hydrogens is 178 g/mol. The van der Waals surface area contributed by atoms with Gasteiger partial charge < -0.3 is 10.3 Å². The highest BCUT2D eigenvalue weighted by atomic mass is 32.2. The molecule has 2 unspecified atom stereocenters.